The molecule has 40 heavy (non-hydrogen) atoms. The molecular formula is C27H26F6N2O4S. The van der Waals surface area contributed by atoms with Crippen molar-refractivity contribution in [2.45, 2.75) is 35.0 Å². The maximum Gasteiger partial charge on any atom is 0.418 e. The van der Waals surface area contributed by atoms with Crippen LogP contribution in [0.25, 0.3) is 5.57 Å². The summed E-state index contributed by atoms with van der Waals surface area (Å²) in [6.07, 6.45) is -9.73. The number of nitrogens with zero attached hydrogens (tertiary/aromatic N) is 2. The minimum Gasteiger partial charge on any atom is -0.481 e. The lowest BCUT2D eigenvalue weighted by Crippen LogP contribution is -2.41. The van der Waals surface area contributed by atoms with Crippen LogP contribution in [0.15, 0.2) is 52.8 Å². The highest BCUT2D eigenvalue weighted by Gasteiger charge is 2.47. The van der Waals surface area contributed by atoms with E-state index in [2.05, 4.69) is 6.58 Å². The molecule has 1 N–H and O–H groups in total. The largest absolute Gasteiger partial charge is 0.481 e. The molecule has 6 nitrogen and oxygen atoms in total. The predicted octanol–water partition coefficient (Wildman–Crippen LogP) is 6.05. The van der Waals surface area contributed by atoms with E-state index in [9.17, 15) is 41.0 Å². The molecule has 4 rings (SSSR count). The molecule has 2 saturated heterocycles. The molecule has 216 valence electrons. The average Bonchev–Trinajstić information content (AvgIpc) is 2.91. The number of amides is 1. The number of halogens is 6. The maximum absolute atomic E-state index is 14.3. The van der Waals surface area contributed by atoms with E-state index < -0.39 is 57.3 Å². The van der Waals surface area contributed by atoms with Crippen molar-refractivity contribution < 1.29 is 45.8 Å². The van der Waals surface area contributed by atoms with E-state index in [1.165, 1.54) is 17.0 Å². The third-order valence-corrected chi connectivity index (χ3v) is 7.85. The van der Waals surface area contributed by atoms with Crippen LogP contribution in [-0.4, -0.2) is 61.3 Å². The van der Waals surface area contributed by atoms with Crippen molar-refractivity contribution in [2.75, 3.05) is 44.3 Å². The molecule has 0 saturated carbocycles. The van der Waals surface area contributed by atoms with E-state index in [1.54, 1.807) is 17.0 Å². The quantitative estimate of drug-likeness (QED) is 0.328. The normalized spacial score (nSPS) is 18.5. The molecule has 13 heteroatoms. The van der Waals surface area contributed by atoms with Gasteiger partial charge in [0.15, 0.2) is 0 Å². The van der Waals surface area contributed by atoms with Crippen LogP contribution in [0.3, 0.4) is 0 Å². The van der Waals surface area contributed by atoms with Gasteiger partial charge in [0, 0.05) is 47.2 Å². The monoisotopic (exact) mass is 588 g/mol. The number of aliphatic carboxylic acids is 1. The van der Waals surface area contributed by atoms with Gasteiger partial charge in [0.2, 0.25) is 0 Å². The Morgan fingerprint density at radius 2 is 1.65 bits per heavy atom. The van der Waals surface area contributed by atoms with E-state index in [1.807, 2.05) is 0 Å². The van der Waals surface area contributed by atoms with E-state index in [4.69, 9.17) is 4.74 Å². The number of morpholine rings is 1. The molecule has 2 aromatic rings. The molecule has 1 amide bonds. The van der Waals surface area contributed by atoms with Gasteiger partial charge in [0.05, 0.1) is 30.3 Å². The molecule has 1 unspecified atom stereocenters. The third-order valence-electron chi connectivity index (χ3n) is 6.80. The summed E-state index contributed by atoms with van der Waals surface area (Å²) in [6, 6.07) is 7.99. The zero-order chi connectivity index (χ0) is 29.2. The Morgan fingerprint density at radius 1 is 0.975 bits per heavy atom. The van der Waals surface area contributed by atoms with Crippen molar-refractivity contribution in [3.63, 3.8) is 0 Å². The first-order chi connectivity index (χ1) is 18.8. The molecule has 2 heterocycles. The van der Waals surface area contributed by atoms with Gasteiger partial charge < -0.3 is 19.6 Å². The molecular weight excluding hydrogens is 562 g/mol. The van der Waals surface area contributed by atoms with E-state index >= 15 is 0 Å². The number of rotatable bonds is 6. The van der Waals surface area contributed by atoms with Crippen LogP contribution in [-0.2, 0) is 26.7 Å². The Bertz CT molecular complexity index is 1290. The third kappa shape index (κ3) is 6.57. The lowest BCUT2D eigenvalue weighted by molar-refractivity contribution is -0.163. The molecule has 0 aromatic heterocycles. The number of carbonyl (C=O) groups excluding carboxylic acids is 1. The second kappa shape index (κ2) is 11.7. The van der Waals surface area contributed by atoms with Crippen LogP contribution in [0.5, 0.6) is 0 Å². The van der Waals surface area contributed by atoms with Crippen LogP contribution < -0.4 is 4.90 Å². The first kappa shape index (κ1) is 29.8. The van der Waals surface area contributed by atoms with Crippen molar-refractivity contribution in [1.29, 1.82) is 0 Å². The summed E-state index contributed by atoms with van der Waals surface area (Å²) in [5, 5.41) is 9.36. The number of hydrogen-bond donors (Lipinski definition) is 1. The fraction of sp³-hybridized carbons (Fsp3) is 0.407. The first-order valence-electron chi connectivity index (χ1n) is 12.4. The SMILES string of the molecule is C=C(C(=O)N1CCOCC1)c1ccc(Sc2cccc(N3CCCC(C(=O)O)C3)c2)c(C(F)(F)F)c1C(F)(F)F. The average molecular weight is 589 g/mol. The highest BCUT2D eigenvalue weighted by atomic mass is 32.2. The molecule has 2 aliphatic heterocycles. The van der Waals surface area contributed by atoms with Crippen LogP contribution in [0.1, 0.15) is 29.5 Å². The van der Waals surface area contributed by atoms with Gasteiger partial charge in [-0.15, -0.1) is 0 Å². The number of carboxylic acids is 1. The minimum absolute atomic E-state index is 0.0832. The molecule has 1 atom stereocenters. The lowest BCUT2D eigenvalue weighted by Gasteiger charge is -2.32. The van der Waals surface area contributed by atoms with Gasteiger partial charge in [-0.1, -0.05) is 30.5 Å². The number of benzene rings is 2. The fourth-order valence-electron chi connectivity index (χ4n) is 4.85. The van der Waals surface area contributed by atoms with E-state index in [-0.39, 0.29) is 37.7 Å². The predicted molar refractivity (Wildman–Crippen MR) is 136 cm³/mol. The first-order valence-corrected chi connectivity index (χ1v) is 13.2. The maximum atomic E-state index is 14.3. The van der Waals surface area contributed by atoms with E-state index in [0.717, 1.165) is 12.1 Å². The van der Waals surface area contributed by atoms with Crippen LogP contribution in [0, 0.1) is 5.92 Å². The molecule has 2 fully saturated rings. The van der Waals surface area contributed by atoms with Crippen molar-refractivity contribution in [1.82, 2.24) is 4.90 Å². The number of alkyl halides is 6. The Kier molecular flexibility index (Phi) is 8.74. The summed E-state index contributed by atoms with van der Waals surface area (Å²) in [4.78, 5) is 26.8. The molecule has 0 aliphatic carbocycles. The van der Waals surface area contributed by atoms with Gasteiger partial charge in [-0.25, -0.2) is 0 Å². The second-order valence-electron chi connectivity index (χ2n) is 9.46. The second-order valence-corrected chi connectivity index (χ2v) is 10.6. The Hall–Kier alpha value is -3.19. The van der Waals surface area contributed by atoms with Gasteiger partial charge in [0.1, 0.15) is 0 Å². The summed E-state index contributed by atoms with van der Waals surface area (Å²) < 4.78 is 90.9. The van der Waals surface area contributed by atoms with Gasteiger partial charge in [-0.2, -0.15) is 26.3 Å². The Morgan fingerprint density at radius 3 is 2.27 bits per heavy atom. The van der Waals surface area contributed by atoms with Crippen LogP contribution in [0.2, 0.25) is 0 Å². The van der Waals surface area contributed by atoms with Gasteiger partial charge in [0.25, 0.3) is 5.91 Å². The highest BCUT2D eigenvalue weighted by Crippen LogP contribution is 2.49. The summed E-state index contributed by atoms with van der Waals surface area (Å²) >= 11 is 0.509. The number of carboxylic acid groups (broad SMARTS) is 1. The fourth-order valence-corrected chi connectivity index (χ4v) is 5.89. The molecule has 2 aromatic carbocycles. The highest BCUT2D eigenvalue weighted by molar-refractivity contribution is 7.99. The van der Waals surface area contributed by atoms with Gasteiger partial charge in [-0.05, 0) is 42.7 Å². The number of hydrogen-bond acceptors (Lipinski definition) is 5. The Labute approximate surface area is 230 Å². The smallest absolute Gasteiger partial charge is 0.418 e. The Balaban J connectivity index is 1.72. The van der Waals surface area contributed by atoms with Crippen molar-refractivity contribution in [2.24, 2.45) is 5.92 Å². The zero-order valence-corrected chi connectivity index (χ0v) is 22.0. The topological polar surface area (TPSA) is 70.1 Å². The molecule has 0 radical (unpaired) electrons. The van der Waals surface area contributed by atoms with Gasteiger partial charge >= 0.3 is 18.3 Å². The van der Waals surface area contributed by atoms with Crippen molar-refractivity contribution >= 4 is 34.9 Å². The molecule has 0 spiro atoms. The standard InChI is InChI=1S/C27H26F6N2O4S/c1-16(24(36)34-10-12-39-13-11-34)20-7-8-21(23(27(31,32)33)22(20)26(28,29)30)40-19-6-2-5-18(14-19)35-9-3-4-17(15-35)25(37)38/h2,5-8,14,17H,1,3-4,9-13,15H2,(H,37,38). The number of anilines is 1. The lowest BCUT2D eigenvalue weighted by atomic mass is 9.94. The van der Waals surface area contributed by atoms with Crippen molar-refractivity contribution in [3.05, 3.63) is 59.7 Å². The summed E-state index contributed by atoms with van der Waals surface area (Å²) in [5.41, 5.74) is -4.92. The molecule has 2 aliphatic rings. The summed E-state index contributed by atoms with van der Waals surface area (Å²) in [7, 11) is 0. The number of carbonyl (C=O) groups is 2. The minimum atomic E-state index is -5.44. The van der Waals surface area contributed by atoms with E-state index in [0.29, 0.717) is 36.8 Å². The summed E-state index contributed by atoms with van der Waals surface area (Å²) in [6.45, 7) is 4.67. The summed E-state index contributed by atoms with van der Waals surface area (Å²) in [5.74, 6) is -2.44. The van der Waals surface area contributed by atoms with Crippen molar-refractivity contribution in [3.8, 4) is 0 Å². The zero-order valence-electron chi connectivity index (χ0n) is 21.1. The number of piperidine rings is 1. The number of ether oxygens (including phenoxy) is 1. The molecule has 0 bridgehead atoms. The van der Waals surface area contributed by atoms with Gasteiger partial charge in [-0.3, -0.25) is 9.59 Å². The van der Waals surface area contributed by atoms with Crippen LogP contribution in [0.4, 0.5) is 32.0 Å². The van der Waals surface area contributed by atoms with Crippen LogP contribution >= 0.6 is 11.8 Å².